The van der Waals surface area contributed by atoms with Gasteiger partial charge in [-0.3, -0.25) is 29.0 Å². The van der Waals surface area contributed by atoms with E-state index in [2.05, 4.69) is 32.2 Å². The molecule has 12 aromatic carbocycles. The molecule has 1 fully saturated rings. The summed E-state index contributed by atoms with van der Waals surface area (Å²) in [7, 11) is -6.72. The second-order valence-electron chi connectivity index (χ2n) is 29.7. The van der Waals surface area contributed by atoms with Crippen molar-refractivity contribution in [2.45, 2.75) is 74.5 Å². The highest BCUT2D eigenvalue weighted by Crippen LogP contribution is 2.45. The number of ether oxygens (including phenoxy) is 1. The van der Waals surface area contributed by atoms with Crippen molar-refractivity contribution in [2.75, 3.05) is 64.9 Å². The smallest absolute Gasteiger partial charge is 0.449 e. The van der Waals surface area contributed by atoms with Crippen molar-refractivity contribution in [2.24, 2.45) is 0 Å². The molecule has 5 amide bonds. The maximum absolute atomic E-state index is 15.8. The number of alkyl carbamates (subject to hydrolysis) is 1. The van der Waals surface area contributed by atoms with Crippen LogP contribution in [0.1, 0.15) is 57.7 Å². The first-order chi connectivity index (χ1) is 56.1. The second-order valence-corrected chi connectivity index (χ2v) is 31.6. The van der Waals surface area contributed by atoms with Gasteiger partial charge in [0.25, 0.3) is 0 Å². The van der Waals surface area contributed by atoms with Crippen molar-refractivity contribution in [3.63, 3.8) is 0 Å². The zero-order chi connectivity index (χ0) is 81.2. The van der Waals surface area contributed by atoms with Crippen molar-refractivity contribution in [3.8, 4) is 11.1 Å². The molecule has 0 aromatic heterocycles. The first-order valence-corrected chi connectivity index (χ1v) is 40.2. The molecule has 0 saturated carbocycles. The van der Waals surface area contributed by atoms with E-state index in [4.69, 9.17) is 4.74 Å². The maximum Gasteiger partial charge on any atom is 0.488 e. The van der Waals surface area contributed by atoms with Gasteiger partial charge in [0.15, 0.2) is 0 Å². The zero-order valence-corrected chi connectivity index (χ0v) is 65.1. The number of hydrogen-bond acceptors (Lipinski definition) is 17. The number of carbonyl (C=O) groups is 5. The molecule has 0 bridgehead atoms. The highest BCUT2D eigenvalue weighted by molar-refractivity contribution is 7.89. The highest BCUT2D eigenvalue weighted by Gasteiger charge is 2.43. The molecule has 23 nitrogen and oxygen atoms in total. The minimum absolute atomic E-state index is 0.0245. The van der Waals surface area contributed by atoms with Crippen molar-refractivity contribution in [3.05, 3.63) is 294 Å². The lowest BCUT2D eigenvalue weighted by Gasteiger charge is -2.29. The lowest BCUT2D eigenvalue weighted by molar-refractivity contribution is -0.138. The lowest BCUT2D eigenvalue weighted by Crippen LogP contribution is -2.52. The zero-order valence-electron chi connectivity index (χ0n) is 64.3. The molecule has 10 N–H and O–H groups in total. The fourth-order valence-electron chi connectivity index (χ4n) is 16.4. The topological polar surface area (TPSA) is 314 Å². The molecule has 12 aromatic rings. The number of hydrogen-bond donors (Lipinski definition) is 10. The van der Waals surface area contributed by atoms with Gasteiger partial charge in [0, 0.05) is 108 Å². The summed E-state index contributed by atoms with van der Waals surface area (Å²) in [5.41, 5.74) is 8.48. The van der Waals surface area contributed by atoms with E-state index >= 15 is 22.8 Å². The Morgan fingerprint density at radius 2 is 0.983 bits per heavy atom. The van der Waals surface area contributed by atoms with Crippen molar-refractivity contribution in [1.29, 1.82) is 0 Å². The Bertz CT molecular complexity index is 5640. The predicted octanol–water partition coefficient (Wildman–Crippen LogP) is 6.62. The Morgan fingerprint density at radius 3 is 1.59 bits per heavy atom. The van der Waals surface area contributed by atoms with Gasteiger partial charge in [0.1, 0.15) is 18.7 Å². The molecule has 0 spiro atoms. The number of sulfonamides is 1. The minimum atomic E-state index is -4.76. The van der Waals surface area contributed by atoms with E-state index in [1.54, 1.807) is 84.9 Å². The molecule has 0 radical (unpaired) electrons. The first kappa shape index (κ1) is 81.0. The third kappa shape index (κ3) is 18.4. The third-order valence-corrected chi connectivity index (χ3v) is 23.9. The Morgan fingerprint density at radius 1 is 0.509 bits per heavy atom. The van der Waals surface area contributed by atoms with Crippen LogP contribution in [0.15, 0.2) is 260 Å². The standard InChI is InChI=1S/C89H90B3N9O14S/c1-97(2)82-42-20-38-75-74(82)37-21-43-84(75)116(113,114)100(54-65-27-8-18-41-80(65)92(111)112)57-86(103)101-55-66(49-83(101)88(105)94-45-47-99(53-64-26-7-17-40-79(64)91(109)110)56-76-68-31-10-4-23-60(68)48-61-24-5-11-32-69(61)76)95-87(104)81(96-89(106)115-58-77-72-35-14-12-33-70(72)71-34-13-15-36-73(71)77)50-85(102)93-44-46-98(52-63-25-6-16-39-78(63)90(107)108)51-62-29-19-28-59-22-3-9-30-67(59)62/h3-43,48,66,77,81,83,107-112H,44-47,49-58H2,1-2H3,(H,93,102)(H,94,105)(H,95,104)(H,96,106). The second kappa shape index (κ2) is 36.5. The van der Waals surface area contributed by atoms with Crippen LogP contribution in [0.2, 0.25) is 0 Å². The SMILES string of the molecule is CN(C)c1cccc2c(S(=O)(=O)N(CC(=O)N3CC(NC(=O)C(CC(=O)NCCN(Cc4ccccc4B(O)O)Cc4cccc5ccccc45)NC(=O)OCC4c5ccccc5-c5ccccc54)CC3C(=O)NCCN(Cc3ccccc3B(O)O)Cc3c4ccccc4cc4ccccc34)Cc3ccccc3B(O)O)cccc12. The van der Waals surface area contributed by atoms with Gasteiger partial charge < -0.3 is 65.9 Å². The van der Waals surface area contributed by atoms with Crippen LogP contribution in [0.5, 0.6) is 0 Å². The van der Waals surface area contributed by atoms with Gasteiger partial charge in [-0.2, -0.15) is 4.31 Å². The van der Waals surface area contributed by atoms with E-state index in [9.17, 15) is 39.7 Å². The van der Waals surface area contributed by atoms with Crippen LogP contribution >= 0.6 is 0 Å². The summed E-state index contributed by atoms with van der Waals surface area (Å²) in [6, 6.07) is 73.5. The van der Waals surface area contributed by atoms with Crippen LogP contribution < -0.4 is 42.6 Å². The normalized spacial score (nSPS) is 14.2. The number of nitrogens with zero attached hydrogens (tertiary/aromatic N) is 5. The van der Waals surface area contributed by atoms with E-state index in [1.807, 2.05) is 169 Å². The number of rotatable bonds is 32. The fraction of sp³-hybridized carbons (Fsp3) is 0.225. The van der Waals surface area contributed by atoms with Crippen molar-refractivity contribution in [1.82, 2.24) is 40.3 Å². The number of carbonyl (C=O) groups excluding carboxylic acids is 5. The van der Waals surface area contributed by atoms with E-state index in [0.29, 0.717) is 46.1 Å². The van der Waals surface area contributed by atoms with Gasteiger partial charge in [-0.05, 0) is 123 Å². The third-order valence-electron chi connectivity index (χ3n) is 22.0. The van der Waals surface area contributed by atoms with Crippen molar-refractivity contribution >= 4 is 126 Å². The summed E-state index contributed by atoms with van der Waals surface area (Å²) in [6.45, 7) is -0.481. The van der Waals surface area contributed by atoms with Gasteiger partial charge in [-0.25, -0.2) is 13.2 Å². The molecule has 3 unspecified atom stereocenters. The molecule has 1 saturated heterocycles. The monoisotopic (exact) mass is 1570 g/mol. The van der Waals surface area contributed by atoms with Gasteiger partial charge in [0.2, 0.25) is 33.7 Å². The Balaban J connectivity index is 0.771. The average molecular weight is 1570 g/mol. The van der Waals surface area contributed by atoms with E-state index in [1.165, 1.54) is 23.1 Å². The molecule has 116 heavy (non-hydrogen) atoms. The maximum atomic E-state index is 15.8. The molecule has 27 heteroatoms. The summed E-state index contributed by atoms with van der Waals surface area (Å²) in [6.07, 6.45) is -1.91. The number of amides is 5. The first-order valence-electron chi connectivity index (χ1n) is 38.7. The number of benzene rings is 12. The van der Waals surface area contributed by atoms with E-state index < -0.39 is 105 Å². The molecular weight excluding hydrogens is 1480 g/mol. The van der Waals surface area contributed by atoms with E-state index in [-0.39, 0.29) is 79.6 Å². The number of likely N-dealkylation sites (tertiary alicyclic amines) is 1. The lowest BCUT2D eigenvalue weighted by atomic mass is 9.77. The molecular formula is C89H90B3N9O14S. The van der Waals surface area contributed by atoms with Crippen LogP contribution in [0, 0.1) is 0 Å². The van der Waals surface area contributed by atoms with Crippen LogP contribution in [-0.2, 0) is 66.7 Å². The van der Waals surface area contributed by atoms with E-state index in [0.717, 1.165) is 70.0 Å². The number of fused-ring (bicyclic) bond motifs is 7. The Kier molecular flexibility index (Phi) is 25.5. The summed E-state index contributed by atoms with van der Waals surface area (Å²) in [5, 5.41) is 82.1. The quantitative estimate of drug-likeness (QED) is 0.0156. The summed E-state index contributed by atoms with van der Waals surface area (Å²) < 4.78 is 38.4. The molecule has 3 atom stereocenters. The predicted molar refractivity (Wildman–Crippen MR) is 453 cm³/mol. The molecule has 1 aliphatic carbocycles. The van der Waals surface area contributed by atoms with Gasteiger partial charge in [0.05, 0.1) is 17.9 Å². The van der Waals surface area contributed by atoms with Crippen LogP contribution in [0.4, 0.5) is 10.5 Å². The number of anilines is 1. The van der Waals surface area contributed by atoms with Crippen molar-refractivity contribution < 1.29 is 67.3 Å². The van der Waals surface area contributed by atoms with Gasteiger partial charge >= 0.3 is 27.4 Å². The summed E-state index contributed by atoms with van der Waals surface area (Å²) in [4.78, 5) is 82.9. The largest absolute Gasteiger partial charge is 0.488 e. The Hall–Kier alpha value is -11.6. The number of nitrogens with one attached hydrogen (secondary N) is 4. The average Bonchev–Trinajstić information content (AvgIpc) is 1.19. The molecule has 590 valence electrons. The fourth-order valence-corrected chi connectivity index (χ4v) is 17.9. The van der Waals surface area contributed by atoms with Crippen LogP contribution in [0.3, 0.4) is 0 Å². The van der Waals surface area contributed by atoms with Crippen LogP contribution in [-0.4, -0.2) is 187 Å². The van der Waals surface area contributed by atoms with Gasteiger partial charge in [-0.15, -0.1) is 0 Å². The highest BCUT2D eigenvalue weighted by atomic mass is 32.2. The van der Waals surface area contributed by atoms with Crippen LogP contribution in [0.25, 0.3) is 54.2 Å². The van der Waals surface area contributed by atoms with Gasteiger partial charge in [-0.1, -0.05) is 237 Å². The molecule has 14 rings (SSSR count). The molecule has 1 heterocycles. The molecule has 1 aliphatic heterocycles. The Labute approximate surface area is 674 Å². The summed E-state index contributed by atoms with van der Waals surface area (Å²) in [5.74, 6) is -3.47. The minimum Gasteiger partial charge on any atom is -0.449 e. The summed E-state index contributed by atoms with van der Waals surface area (Å²) >= 11 is 0. The molecule has 2 aliphatic rings.